The zero-order valence-corrected chi connectivity index (χ0v) is 13.7. The molecule has 2 N–H and O–H groups in total. The summed E-state index contributed by atoms with van der Waals surface area (Å²) in [6.45, 7) is 2.92. The number of carbonyl (C=O) groups is 1. The number of alkyl halides is 3. The van der Waals surface area contributed by atoms with Gasteiger partial charge >= 0.3 is 6.18 Å². The van der Waals surface area contributed by atoms with Crippen LogP contribution in [0.1, 0.15) is 18.1 Å². The van der Waals surface area contributed by atoms with Crippen molar-refractivity contribution in [3.8, 4) is 0 Å². The van der Waals surface area contributed by atoms with Gasteiger partial charge in [-0.3, -0.25) is 4.79 Å². The van der Waals surface area contributed by atoms with Gasteiger partial charge in [0.15, 0.2) is 0 Å². The first-order valence-electron chi connectivity index (χ1n) is 7.03. The van der Waals surface area contributed by atoms with Crippen LogP contribution in [-0.4, -0.2) is 16.9 Å². The molecule has 0 aliphatic heterocycles. The van der Waals surface area contributed by atoms with Crippen molar-refractivity contribution in [1.82, 2.24) is 4.98 Å². The highest BCUT2D eigenvalue weighted by Gasteiger charge is 2.32. The minimum atomic E-state index is -4.44. The second-order valence-electron chi connectivity index (χ2n) is 5.24. The molecule has 0 radical (unpaired) electrons. The van der Waals surface area contributed by atoms with Crippen LogP contribution in [-0.2, 0) is 11.0 Å². The Hall–Kier alpha value is -2.28. The normalized spacial score (nSPS) is 12.6. The van der Waals surface area contributed by atoms with Crippen molar-refractivity contribution in [2.75, 3.05) is 10.6 Å². The van der Waals surface area contributed by atoms with Gasteiger partial charge in [0.05, 0.1) is 10.6 Å². The lowest BCUT2D eigenvalue weighted by molar-refractivity contribution is -0.138. The topological polar surface area (TPSA) is 54.0 Å². The van der Waals surface area contributed by atoms with Crippen molar-refractivity contribution >= 4 is 29.0 Å². The number of rotatable bonds is 4. The molecule has 0 aliphatic rings. The van der Waals surface area contributed by atoms with Crippen LogP contribution in [0.25, 0.3) is 0 Å². The molecule has 0 unspecified atom stereocenters. The van der Waals surface area contributed by atoms with E-state index in [9.17, 15) is 18.0 Å². The quantitative estimate of drug-likeness (QED) is 0.847. The van der Waals surface area contributed by atoms with Gasteiger partial charge in [-0.25, -0.2) is 4.98 Å². The lowest BCUT2D eigenvalue weighted by Crippen LogP contribution is -2.32. The zero-order valence-electron chi connectivity index (χ0n) is 12.9. The molecule has 1 aromatic carbocycles. The standard InChI is InChI=1S/C16H15ClF3N3O/c1-9-3-5-12(7-13(9)16(18,19)20)22-10(2)15(24)23-14-6-4-11(17)8-21-14/h3-8,10,22H,1-2H3,(H,21,23,24)/t10-/m0/s1. The Balaban J connectivity index is 2.07. The zero-order chi connectivity index (χ0) is 17.9. The molecule has 2 rings (SSSR count). The predicted molar refractivity (Wildman–Crippen MR) is 87.1 cm³/mol. The number of anilines is 2. The summed E-state index contributed by atoms with van der Waals surface area (Å²) in [5, 5.41) is 5.73. The first-order valence-corrected chi connectivity index (χ1v) is 7.41. The summed E-state index contributed by atoms with van der Waals surface area (Å²) in [6.07, 6.45) is -3.06. The summed E-state index contributed by atoms with van der Waals surface area (Å²) >= 11 is 5.70. The maximum Gasteiger partial charge on any atom is 0.416 e. The van der Waals surface area contributed by atoms with E-state index in [1.54, 1.807) is 13.0 Å². The van der Waals surface area contributed by atoms with Crippen molar-refractivity contribution in [3.05, 3.63) is 52.7 Å². The van der Waals surface area contributed by atoms with Gasteiger partial charge < -0.3 is 10.6 Å². The fourth-order valence-corrected chi connectivity index (χ4v) is 2.13. The van der Waals surface area contributed by atoms with Gasteiger partial charge in [0, 0.05) is 11.9 Å². The van der Waals surface area contributed by atoms with Crippen molar-refractivity contribution < 1.29 is 18.0 Å². The van der Waals surface area contributed by atoms with Crippen LogP contribution >= 0.6 is 11.6 Å². The Kier molecular flexibility index (Phi) is 5.33. The van der Waals surface area contributed by atoms with Gasteiger partial charge in [-0.05, 0) is 43.7 Å². The molecule has 1 heterocycles. The first-order chi connectivity index (χ1) is 11.2. The number of carbonyl (C=O) groups excluding carboxylic acids is 1. The summed E-state index contributed by atoms with van der Waals surface area (Å²) in [4.78, 5) is 16.0. The van der Waals surface area contributed by atoms with Crippen LogP contribution in [0.3, 0.4) is 0 Å². The average molecular weight is 358 g/mol. The number of hydrogen-bond donors (Lipinski definition) is 2. The third-order valence-electron chi connectivity index (χ3n) is 3.30. The smallest absolute Gasteiger partial charge is 0.374 e. The number of nitrogens with one attached hydrogen (secondary N) is 2. The molecule has 0 aliphatic carbocycles. The monoisotopic (exact) mass is 357 g/mol. The van der Waals surface area contributed by atoms with Crippen LogP contribution < -0.4 is 10.6 Å². The van der Waals surface area contributed by atoms with Gasteiger partial charge in [0.25, 0.3) is 0 Å². The van der Waals surface area contributed by atoms with Crippen LogP contribution in [0.4, 0.5) is 24.7 Å². The molecular weight excluding hydrogens is 343 g/mol. The van der Waals surface area contributed by atoms with Gasteiger partial charge in [-0.1, -0.05) is 17.7 Å². The van der Waals surface area contributed by atoms with Crippen LogP contribution in [0.2, 0.25) is 5.02 Å². The fourth-order valence-electron chi connectivity index (χ4n) is 2.02. The number of nitrogens with zero attached hydrogens (tertiary/aromatic N) is 1. The second-order valence-corrected chi connectivity index (χ2v) is 5.68. The second kappa shape index (κ2) is 7.09. The Morgan fingerprint density at radius 1 is 1.25 bits per heavy atom. The van der Waals surface area contributed by atoms with Gasteiger partial charge in [0.1, 0.15) is 11.9 Å². The molecule has 0 bridgehead atoms. The molecule has 8 heteroatoms. The number of aryl methyl sites for hydroxylation is 1. The third-order valence-corrected chi connectivity index (χ3v) is 3.52. The molecule has 1 amide bonds. The minimum Gasteiger partial charge on any atom is -0.374 e. The lowest BCUT2D eigenvalue weighted by atomic mass is 10.1. The maximum absolute atomic E-state index is 12.9. The van der Waals surface area contributed by atoms with E-state index in [1.165, 1.54) is 31.3 Å². The summed E-state index contributed by atoms with van der Waals surface area (Å²) in [6, 6.07) is 6.18. The number of benzene rings is 1. The van der Waals surface area contributed by atoms with Crippen LogP contribution in [0.5, 0.6) is 0 Å². The molecule has 0 saturated heterocycles. The van der Waals surface area contributed by atoms with E-state index in [0.29, 0.717) is 10.8 Å². The van der Waals surface area contributed by atoms with E-state index >= 15 is 0 Å². The van der Waals surface area contributed by atoms with E-state index in [0.717, 1.165) is 6.07 Å². The minimum absolute atomic E-state index is 0.121. The van der Waals surface area contributed by atoms with Gasteiger partial charge in [-0.2, -0.15) is 13.2 Å². The Labute approximate surface area is 142 Å². The van der Waals surface area contributed by atoms with E-state index in [-0.39, 0.29) is 11.3 Å². The van der Waals surface area contributed by atoms with E-state index in [2.05, 4.69) is 15.6 Å². The van der Waals surface area contributed by atoms with Crippen LogP contribution in [0, 0.1) is 6.92 Å². The number of halogens is 4. The summed E-state index contributed by atoms with van der Waals surface area (Å²) in [7, 11) is 0. The molecule has 1 aromatic heterocycles. The van der Waals surface area contributed by atoms with Crippen LogP contribution in [0.15, 0.2) is 36.5 Å². The third kappa shape index (κ3) is 4.61. The number of hydrogen-bond acceptors (Lipinski definition) is 3. The van der Waals surface area contributed by atoms with Crippen molar-refractivity contribution in [2.24, 2.45) is 0 Å². The Morgan fingerprint density at radius 3 is 2.54 bits per heavy atom. The molecule has 24 heavy (non-hydrogen) atoms. The maximum atomic E-state index is 12.9. The molecule has 128 valence electrons. The van der Waals surface area contributed by atoms with E-state index in [4.69, 9.17) is 11.6 Å². The molecule has 0 fully saturated rings. The Bertz CT molecular complexity index is 732. The van der Waals surface area contributed by atoms with Gasteiger partial charge in [0.2, 0.25) is 5.91 Å². The van der Waals surface area contributed by atoms with E-state index in [1.807, 2.05) is 0 Å². The lowest BCUT2D eigenvalue weighted by Gasteiger charge is -2.17. The van der Waals surface area contributed by atoms with Crippen molar-refractivity contribution in [2.45, 2.75) is 26.1 Å². The highest BCUT2D eigenvalue weighted by molar-refractivity contribution is 6.30. The van der Waals surface area contributed by atoms with Gasteiger partial charge in [-0.15, -0.1) is 0 Å². The van der Waals surface area contributed by atoms with Crippen molar-refractivity contribution in [1.29, 1.82) is 0 Å². The largest absolute Gasteiger partial charge is 0.416 e. The Morgan fingerprint density at radius 2 is 1.96 bits per heavy atom. The molecule has 0 saturated carbocycles. The molecule has 0 spiro atoms. The molecule has 1 atom stereocenters. The summed E-state index contributed by atoms with van der Waals surface area (Å²) in [5.41, 5.74) is -0.408. The highest BCUT2D eigenvalue weighted by atomic mass is 35.5. The van der Waals surface area contributed by atoms with Crippen molar-refractivity contribution in [3.63, 3.8) is 0 Å². The fraction of sp³-hybridized carbons (Fsp3) is 0.250. The molecule has 2 aromatic rings. The molecule has 4 nitrogen and oxygen atoms in total. The summed E-state index contributed by atoms with van der Waals surface area (Å²) < 4.78 is 38.8. The van der Waals surface area contributed by atoms with E-state index < -0.39 is 23.7 Å². The highest BCUT2D eigenvalue weighted by Crippen LogP contribution is 2.33. The average Bonchev–Trinajstić information content (AvgIpc) is 2.50. The molecular formula is C16H15ClF3N3O. The number of amides is 1. The summed E-state index contributed by atoms with van der Waals surface area (Å²) in [5.74, 6) is -0.128. The number of aromatic nitrogens is 1. The number of pyridine rings is 1. The SMILES string of the molecule is Cc1ccc(N[C@@H](C)C(=O)Nc2ccc(Cl)cn2)cc1C(F)(F)F. The predicted octanol–water partition coefficient (Wildman–Crippen LogP) is 4.50. The first kappa shape index (κ1) is 18.1.